The molecule has 2 heterocycles. The van der Waals surface area contributed by atoms with E-state index in [2.05, 4.69) is 5.43 Å². The predicted molar refractivity (Wildman–Crippen MR) is 183 cm³/mol. The Balaban J connectivity index is 1.30. The van der Waals surface area contributed by atoms with Crippen LogP contribution in [-0.2, 0) is 24.6 Å². The molecule has 2 aliphatic heterocycles. The molecule has 3 fully saturated rings. The average molecular weight is 668 g/mol. The summed E-state index contributed by atoms with van der Waals surface area (Å²) in [5, 5.41) is 21.4. The number of carbonyl (C=O) groups is 5. The Labute approximate surface area is 287 Å². The van der Waals surface area contributed by atoms with Gasteiger partial charge in [0.25, 0.3) is 11.8 Å². The molecule has 10 nitrogen and oxygen atoms in total. The minimum absolute atomic E-state index is 0.0123. The summed E-state index contributed by atoms with van der Waals surface area (Å²) >= 11 is 0. The summed E-state index contributed by atoms with van der Waals surface area (Å²) in [4.78, 5) is 71.0. The van der Waals surface area contributed by atoms with Gasteiger partial charge in [0.15, 0.2) is 0 Å². The number of aromatic carboxylic acids is 1. The average Bonchev–Trinajstić information content (AvgIpc) is 3.50. The number of anilines is 2. The Bertz CT molecular complexity index is 2130. The number of hydrogen-bond acceptors (Lipinski definition) is 7. The van der Waals surface area contributed by atoms with Crippen LogP contribution >= 0.6 is 0 Å². The number of fused-ring (bicyclic) bond motifs is 4. The molecule has 3 N–H and O–H groups in total. The van der Waals surface area contributed by atoms with Gasteiger partial charge in [0.05, 0.1) is 40.1 Å². The number of nitrogens with one attached hydrogen (secondary N) is 1. The molecule has 2 saturated heterocycles. The molecule has 4 aromatic rings. The monoisotopic (exact) mass is 667 g/mol. The van der Waals surface area contributed by atoms with Gasteiger partial charge in [-0.15, -0.1) is 0 Å². The Kier molecular flexibility index (Phi) is 7.22. The number of hydrogen-bond donors (Lipinski definition) is 3. The summed E-state index contributed by atoms with van der Waals surface area (Å²) in [7, 11) is 0. The van der Waals surface area contributed by atoms with Crippen molar-refractivity contribution < 1.29 is 34.2 Å². The van der Waals surface area contributed by atoms with Crippen molar-refractivity contribution in [3.8, 4) is 5.75 Å². The minimum Gasteiger partial charge on any atom is -0.508 e. The maximum absolute atomic E-state index is 15.1. The van der Waals surface area contributed by atoms with Crippen molar-refractivity contribution in [2.45, 2.75) is 31.1 Å². The number of carboxylic acid groups (broad SMARTS) is 1. The van der Waals surface area contributed by atoms with Gasteiger partial charge in [-0.25, -0.2) is 4.79 Å². The first-order valence-corrected chi connectivity index (χ1v) is 16.6. The van der Waals surface area contributed by atoms with Crippen LogP contribution in [0, 0.1) is 30.6 Å². The third-order valence-electron chi connectivity index (χ3n) is 10.9. The topological polar surface area (TPSA) is 144 Å². The Hall–Kier alpha value is -6.03. The van der Waals surface area contributed by atoms with Gasteiger partial charge in [0.1, 0.15) is 5.75 Å². The molecule has 0 spiro atoms. The number of carboxylic acids is 1. The van der Waals surface area contributed by atoms with Crippen molar-refractivity contribution in [2.24, 2.45) is 23.7 Å². The fraction of sp³-hybridized carbons (Fsp3) is 0.225. The predicted octanol–water partition coefficient (Wildman–Crippen LogP) is 5.59. The van der Waals surface area contributed by atoms with Crippen LogP contribution in [0.5, 0.6) is 5.75 Å². The molecule has 4 aromatic carbocycles. The van der Waals surface area contributed by atoms with E-state index >= 15 is 4.79 Å². The van der Waals surface area contributed by atoms with E-state index in [4.69, 9.17) is 0 Å². The number of hydrazine groups is 1. The molecular formula is C40H33N3O7. The minimum atomic E-state index is -1.44. The molecular weight excluding hydrogens is 634 g/mol. The first-order chi connectivity index (χ1) is 24.1. The van der Waals surface area contributed by atoms with Crippen LogP contribution < -0.4 is 10.3 Å². The highest BCUT2D eigenvalue weighted by Crippen LogP contribution is 2.64. The van der Waals surface area contributed by atoms with Crippen LogP contribution in [0.25, 0.3) is 0 Å². The molecule has 0 bridgehead atoms. The number of allylic oxidation sites excluding steroid dienone is 2. The molecule has 50 heavy (non-hydrogen) atoms. The summed E-state index contributed by atoms with van der Waals surface area (Å²) in [5.74, 6) is -6.85. The molecule has 1 saturated carbocycles. The quantitative estimate of drug-likeness (QED) is 0.178. The van der Waals surface area contributed by atoms with E-state index in [-0.39, 0.29) is 29.8 Å². The SMILES string of the molecule is Cc1ccc(NN2C(=O)[C@@H]3C[C@@H]4C(=CC[C@@H]5C(=O)N(c6cccc(C(=O)O)c6)C(=O)[C@@H]54)[C@H](c4cccc(O)c4)[C@]3(c3ccccc3)C2=O)cc1. The molecule has 0 radical (unpaired) electrons. The number of nitrogens with zero attached hydrogens (tertiary/aromatic N) is 2. The molecule has 8 rings (SSSR count). The van der Waals surface area contributed by atoms with Crippen LogP contribution in [0.3, 0.4) is 0 Å². The van der Waals surface area contributed by atoms with Gasteiger partial charge in [0, 0.05) is 5.92 Å². The molecule has 10 heteroatoms. The summed E-state index contributed by atoms with van der Waals surface area (Å²) < 4.78 is 0. The molecule has 0 unspecified atom stereocenters. The van der Waals surface area contributed by atoms with Crippen molar-refractivity contribution in [1.29, 1.82) is 0 Å². The lowest BCUT2D eigenvalue weighted by Crippen LogP contribution is -2.53. The largest absolute Gasteiger partial charge is 0.508 e. The van der Waals surface area contributed by atoms with Crippen LogP contribution in [0.4, 0.5) is 11.4 Å². The molecule has 6 atom stereocenters. The number of carbonyl (C=O) groups excluding carboxylic acids is 4. The maximum atomic E-state index is 15.1. The fourth-order valence-electron chi connectivity index (χ4n) is 8.86. The van der Waals surface area contributed by atoms with Gasteiger partial charge in [-0.3, -0.25) is 29.5 Å². The Morgan fingerprint density at radius 3 is 2.28 bits per heavy atom. The highest BCUT2D eigenvalue weighted by Gasteiger charge is 2.70. The zero-order valence-electron chi connectivity index (χ0n) is 27.0. The normalized spacial score (nSPS) is 27.1. The molecule has 0 aromatic heterocycles. The maximum Gasteiger partial charge on any atom is 0.335 e. The number of phenols is 1. The fourth-order valence-corrected chi connectivity index (χ4v) is 8.86. The first-order valence-electron chi connectivity index (χ1n) is 16.6. The van der Waals surface area contributed by atoms with Gasteiger partial charge >= 0.3 is 5.97 Å². The zero-order chi connectivity index (χ0) is 34.9. The molecule has 4 amide bonds. The van der Waals surface area contributed by atoms with E-state index in [0.717, 1.165) is 21.0 Å². The second-order valence-electron chi connectivity index (χ2n) is 13.6. The van der Waals surface area contributed by atoms with Crippen molar-refractivity contribution in [2.75, 3.05) is 10.3 Å². The van der Waals surface area contributed by atoms with Crippen LogP contribution in [0.1, 0.15) is 45.8 Å². The lowest BCUT2D eigenvalue weighted by molar-refractivity contribution is -0.138. The van der Waals surface area contributed by atoms with Crippen LogP contribution in [-0.4, -0.2) is 44.8 Å². The third-order valence-corrected chi connectivity index (χ3v) is 10.9. The summed E-state index contributed by atoms with van der Waals surface area (Å²) in [6.45, 7) is 1.94. The summed E-state index contributed by atoms with van der Waals surface area (Å²) in [5.41, 5.74) is 5.32. The van der Waals surface area contributed by atoms with Gasteiger partial charge in [-0.2, -0.15) is 5.01 Å². The van der Waals surface area contributed by atoms with Crippen molar-refractivity contribution in [3.63, 3.8) is 0 Å². The molecule has 2 aliphatic carbocycles. The van der Waals surface area contributed by atoms with E-state index in [9.17, 15) is 29.4 Å². The van der Waals surface area contributed by atoms with Crippen molar-refractivity contribution >= 4 is 41.0 Å². The molecule has 4 aliphatic rings. The first kappa shape index (κ1) is 31.3. The van der Waals surface area contributed by atoms with E-state index in [0.29, 0.717) is 16.8 Å². The number of rotatable bonds is 6. The van der Waals surface area contributed by atoms with E-state index in [1.807, 2.05) is 61.5 Å². The Morgan fingerprint density at radius 2 is 1.56 bits per heavy atom. The van der Waals surface area contributed by atoms with E-state index in [1.165, 1.54) is 24.3 Å². The van der Waals surface area contributed by atoms with Gasteiger partial charge < -0.3 is 10.2 Å². The second-order valence-corrected chi connectivity index (χ2v) is 13.6. The number of phenolic OH excluding ortho intramolecular Hbond substituents is 1. The van der Waals surface area contributed by atoms with Gasteiger partial charge in [-0.1, -0.05) is 77.9 Å². The summed E-state index contributed by atoms with van der Waals surface area (Å²) in [6, 6.07) is 28.9. The lowest BCUT2D eigenvalue weighted by atomic mass is 9.49. The standard InChI is InChI=1S/C40H33N3O7/c1-22-13-15-26(16-14-22)41-43-36(46)32-21-31-29(17-18-30-33(31)37(47)42(35(30)45)27-11-5-8-24(19-27)38(48)49)34(23-7-6-12-28(44)20-23)40(32,39(43)50)25-9-3-2-4-10-25/h2-17,19-20,30-34,41,44H,18,21H2,1H3,(H,48,49)/t30-,31+,32-,33-,34-,40+/m0/s1. The second kappa shape index (κ2) is 11.5. The third kappa shape index (κ3) is 4.51. The van der Waals surface area contributed by atoms with Crippen LogP contribution in [0.15, 0.2) is 115 Å². The van der Waals surface area contributed by atoms with Crippen molar-refractivity contribution in [1.82, 2.24) is 5.01 Å². The van der Waals surface area contributed by atoms with Gasteiger partial charge in [0.2, 0.25) is 11.8 Å². The van der Waals surface area contributed by atoms with E-state index in [1.54, 1.807) is 30.3 Å². The highest BCUT2D eigenvalue weighted by atomic mass is 16.4. The number of aryl methyl sites for hydroxylation is 1. The van der Waals surface area contributed by atoms with Gasteiger partial charge in [-0.05, 0) is 79.3 Å². The number of benzene rings is 4. The Morgan fingerprint density at radius 1 is 0.820 bits per heavy atom. The number of aromatic hydroxyl groups is 1. The zero-order valence-corrected chi connectivity index (χ0v) is 27.0. The van der Waals surface area contributed by atoms with Crippen molar-refractivity contribution in [3.05, 3.63) is 137 Å². The number of amides is 4. The lowest BCUT2D eigenvalue weighted by Gasteiger charge is -2.50. The molecule has 250 valence electrons. The smallest absolute Gasteiger partial charge is 0.335 e. The summed E-state index contributed by atoms with van der Waals surface area (Å²) in [6.07, 6.45) is 2.28. The van der Waals surface area contributed by atoms with E-state index < -0.39 is 64.6 Å². The highest BCUT2D eigenvalue weighted by molar-refractivity contribution is 6.23. The number of imide groups is 2. The van der Waals surface area contributed by atoms with Crippen LogP contribution in [0.2, 0.25) is 0 Å².